The van der Waals surface area contributed by atoms with Crippen LogP contribution in [0.25, 0.3) is 0 Å². The smallest absolute Gasteiger partial charge is 0.255 e. The van der Waals surface area contributed by atoms with Gasteiger partial charge in [-0.25, -0.2) is 4.39 Å². The minimum atomic E-state index is -0.570. The van der Waals surface area contributed by atoms with Crippen molar-refractivity contribution in [1.82, 2.24) is 0 Å². The number of carbonyl (C=O) groups excluding carboxylic acids is 1. The maximum Gasteiger partial charge on any atom is 0.255 e. The third kappa shape index (κ3) is 3.88. The third-order valence-corrected chi connectivity index (χ3v) is 2.03. The topological polar surface area (TPSA) is 52.3 Å². The van der Waals surface area contributed by atoms with E-state index in [0.29, 0.717) is 11.7 Å². The van der Waals surface area contributed by atoms with Gasteiger partial charge in [-0.1, -0.05) is 19.9 Å². The molecule has 0 aliphatic rings. The number of hydrogen-bond acceptors (Lipinski definition) is 2. The molecule has 4 heteroatoms. The molecule has 0 saturated carbocycles. The molecule has 1 rings (SSSR count). The number of carbonyl (C=O) groups is 1. The monoisotopic (exact) mass is 225 g/mol. The summed E-state index contributed by atoms with van der Waals surface area (Å²) in [4.78, 5) is 10.6. The number of halogens is 1. The van der Waals surface area contributed by atoms with E-state index in [4.69, 9.17) is 10.5 Å². The summed E-state index contributed by atoms with van der Waals surface area (Å²) >= 11 is 0. The fourth-order valence-electron chi connectivity index (χ4n) is 1.42. The summed E-state index contributed by atoms with van der Waals surface area (Å²) in [7, 11) is 0. The maximum atomic E-state index is 13.0. The van der Waals surface area contributed by atoms with Crippen molar-refractivity contribution in [1.29, 1.82) is 0 Å². The molecule has 0 heterocycles. The Morgan fingerprint density at radius 2 is 2.19 bits per heavy atom. The quantitative estimate of drug-likeness (QED) is 0.831. The fourth-order valence-corrected chi connectivity index (χ4v) is 1.42. The van der Waals surface area contributed by atoms with Gasteiger partial charge in [0.1, 0.15) is 11.6 Å². The highest BCUT2D eigenvalue weighted by Crippen LogP contribution is 2.22. The van der Waals surface area contributed by atoms with Gasteiger partial charge in [-0.2, -0.15) is 0 Å². The van der Waals surface area contributed by atoms with Gasteiger partial charge in [-0.3, -0.25) is 4.79 Å². The average Bonchev–Trinajstić information content (AvgIpc) is 2.17. The highest BCUT2D eigenvalue weighted by Gasteiger charge is 2.08. The molecule has 0 aliphatic carbocycles. The lowest BCUT2D eigenvalue weighted by Crippen LogP contribution is -2.20. The summed E-state index contributed by atoms with van der Waals surface area (Å²) in [5, 5.41) is 0. The van der Waals surface area contributed by atoms with Crippen molar-refractivity contribution < 1.29 is 13.9 Å². The van der Waals surface area contributed by atoms with Crippen LogP contribution in [0.3, 0.4) is 0 Å². The second kappa shape index (κ2) is 5.49. The fraction of sp³-hybridized carbons (Fsp3) is 0.417. The standard InChI is InChI=1S/C12H16FNO2/c1-8(2)5-9-3-4-10(13)6-11(9)16-7-12(14)15/h3-4,6,8H,5,7H2,1-2H3,(H2,14,15). The average molecular weight is 225 g/mol. The minimum absolute atomic E-state index is 0.228. The first-order chi connectivity index (χ1) is 7.49. The molecule has 1 aromatic carbocycles. The van der Waals surface area contributed by atoms with E-state index in [1.807, 2.05) is 0 Å². The zero-order valence-electron chi connectivity index (χ0n) is 9.50. The highest BCUT2D eigenvalue weighted by molar-refractivity contribution is 5.75. The summed E-state index contributed by atoms with van der Waals surface area (Å²) in [6.07, 6.45) is 0.772. The lowest BCUT2D eigenvalue weighted by Gasteiger charge is -2.12. The molecule has 0 aromatic heterocycles. The molecule has 0 aliphatic heterocycles. The summed E-state index contributed by atoms with van der Waals surface area (Å²) in [6.45, 7) is 3.89. The Bertz CT molecular complexity index is 377. The second-order valence-corrected chi connectivity index (χ2v) is 4.11. The van der Waals surface area contributed by atoms with Gasteiger partial charge in [-0.05, 0) is 24.0 Å². The molecule has 3 nitrogen and oxygen atoms in total. The van der Waals surface area contributed by atoms with Crippen molar-refractivity contribution in [2.45, 2.75) is 20.3 Å². The molecule has 88 valence electrons. The van der Waals surface area contributed by atoms with Crippen LogP contribution in [0.2, 0.25) is 0 Å². The Kier molecular flexibility index (Phi) is 4.28. The number of amides is 1. The maximum absolute atomic E-state index is 13.0. The molecule has 0 fully saturated rings. The van der Waals surface area contributed by atoms with Crippen LogP contribution in [0.5, 0.6) is 5.75 Å². The van der Waals surface area contributed by atoms with Gasteiger partial charge in [0.2, 0.25) is 0 Å². The lowest BCUT2D eigenvalue weighted by molar-refractivity contribution is -0.119. The van der Waals surface area contributed by atoms with Crippen LogP contribution in [-0.2, 0) is 11.2 Å². The number of nitrogens with two attached hydrogens (primary N) is 1. The molecular formula is C12H16FNO2. The van der Waals surface area contributed by atoms with Gasteiger partial charge in [0.15, 0.2) is 6.61 Å². The first kappa shape index (κ1) is 12.5. The molecule has 0 spiro atoms. The van der Waals surface area contributed by atoms with Crippen LogP contribution in [0.1, 0.15) is 19.4 Å². The molecule has 0 bridgehead atoms. The van der Waals surface area contributed by atoms with Crippen LogP contribution >= 0.6 is 0 Å². The molecule has 0 unspecified atom stereocenters. The van der Waals surface area contributed by atoms with E-state index < -0.39 is 5.91 Å². The van der Waals surface area contributed by atoms with E-state index >= 15 is 0 Å². The second-order valence-electron chi connectivity index (χ2n) is 4.11. The zero-order valence-corrected chi connectivity index (χ0v) is 9.50. The van der Waals surface area contributed by atoms with Crippen molar-refractivity contribution >= 4 is 5.91 Å². The Morgan fingerprint density at radius 3 is 2.75 bits per heavy atom. The predicted octanol–water partition coefficient (Wildman–Crippen LogP) is 1.89. The Balaban J connectivity index is 2.84. The van der Waals surface area contributed by atoms with Gasteiger partial charge < -0.3 is 10.5 Å². The van der Waals surface area contributed by atoms with Crippen molar-refractivity contribution in [3.63, 3.8) is 0 Å². The van der Waals surface area contributed by atoms with Crippen LogP contribution in [0.15, 0.2) is 18.2 Å². The van der Waals surface area contributed by atoms with E-state index in [1.165, 1.54) is 12.1 Å². The molecule has 1 aromatic rings. The number of ether oxygens (including phenoxy) is 1. The minimum Gasteiger partial charge on any atom is -0.483 e. The number of benzene rings is 1. The molecule has 2 N–H and O–H groups in total. The highest BCUT2D eigenvalue weighted by atomic mass is 19.1. The van der Waals surface area contributed by atoms with Gasteiger partial charge in [0.05, 0.1) is 0 Å². The van der Waals surface area contributed by atoms with Crippen LogP contribution in [0, 0.1) is 11.7 Å². The number of rotatable bonds is 5. The Morgan fingerprint density at radius 1 is 1.50 bits per heavy atom. The van der Waals surface area contributed by atoms with Gasteiger partial charge in [0.25, 0.3) is 5.91 Å². The first-order valence-electron chi connectivity index (χ1n) is 5.18. The van der Waals surface area contributed by atoms with Crippen molar-refractivity contribution in [3.05, 3.63) is 29.6 Å². The normalized spacial score (nSPS) is 10.5. The molecule has 1 amide bonds. The summed E-state index contributed by atoms with van der Waals surface area (Å²) in [6, 6.07) is 4.33. The van der Waals surface area contributed by atoms with Gasteiger partial charge in [0, 0.05) is 6.07 Å². The molecule has 0 saturated heterocycles. The van der Waals surface area contributed by atoms with E-state index in [0.717, 1.165) is 12.0 Å². The number of primary amides is 1. The van der Waals surface area contributed by atoms with E-state index in [-0.39, 0.29) is 12.4 Å². The first-order valence-corrected chi connectivity index (χ1v) is 5.18. The third-order valence-electron chi connectivity index (χ3n) is 2.03. The van der Waals surface area contributed by atoms with Gasteiger partial charge >= 0.3 is 0 Å². The van der Waals surface area contributed by atoms with Gasteiger partial charge in [-0.15, -0.1) is 0 Å². The molecular weight excluding hydrogens is 209 g/mol. The lowest BCUT2D eigenvalue weighted by atomic mass is 10.0. The Labute approximate surface area is 94.4 Å². The molecule has 0 radical (unpaired) electrons. The van der Waals surface area contributed by atoms with Crippen LogP contribution in [-0.4, -0.2) is 12.5 Å². The van der Waals surface area contributed by atoms with Crippen molar-refractivity contribution in [3.8, 4) is 5.75 Å². The van der Waals surface area contributed by atoms with Crippen LogP contribution in [0.4, 0.5) is 4.39 Å². The van der Waals surface area contributed by atoms with Crippen molar-refractivity contribution in [2.75, 3.05) is 6.61 Å². The molecule has 16 heavy (non-hydrogen) atoms. The van der Waals surface area contributed by atoms with Crippen LogP contribution < -0.4 is 10.5 Å². The SMILES string of the molecule is CC(C)Cc1ccc(F)cc1OCC(N)=O. The summed E-state index contributed by atoms with van der Waals surface area (Å²) in [5.41, 5.74) is 5.86. The Hall–Kier alpha value is -1.58. The van der Waals surface area contributed by atoms with Crippen molar-refractivity contribution in [2.24, 2.45) is 11.7 Å². The zero-order chi connectivity index (χ0) is 12.1. The van der Waals surface area contributed by atoms with E-state index in [1.54, 1.807) is 6.07 Å². The van der Waals surface area contributed by atoms with E-state index in [9.17, 15) is 9.18 Å². The molecule has 0 atom stereocenters. The largest absolute Gasteiger partial charge is 0.483 e. The predicted molar refractivity (Wildman–Crippen MR) is 59.6 cm³/mol. The summed E-state index contributed by atoms with van der Waals surface area (Å²) < 4.78 is 18.2. The summed E-state index contributed by atoms with van der Waals surface area (Å²) in [5.74, 6) is -0.124. The number of hydrogen-bond donors (Lipinski definition) is 1. The van der Waals surface area contributed by atoms with E-state index in [2.05, 4.69) is 13.8 Å².